The Labute approximate surface area is 209 Å². The number of sulfonamides is 1. The third-order valence-corrected chi connectivity index (χ3v) is 10.2. The van der Waals surface area contributed by atoms with Gasteiger partial charge in [-0.15, -0.1) is 17.9 Å². The lowest BCUT2D eigenvalue weighted by atomic mass is 9.98. The van der Waals surface area contributed by atoms with E-state index in [0.29, 0.717) is 34.1 Å². The van der Waals surface area contributed by atoms with Gasteiger partial charge in [0.15, 0.2) is 4.80 Å². The van der Waals surface area contributed by atoms with Gasteiger partial charge in [0.25, 0.3) is 15.9 Å². The van der Waals surface area contributed by atoms with Crippen LogP contribution in [0.25, 0.3) is 10.2 Å². The fourth-order valence-corrected chi connectivity index (χ4v) is 7.99. The van der Waals surface area contributed by atoms with Crippen molar-refractivity contribution >= 4 is 66.4 Å². The number of benzene rings is 1. The first kappa shape index (κ1) is 24.8. The number of thiazole rings is 1. The van der Waals surface area contributed by atoms with Crippen LogP contribution in [0.5, 0.6) is 0 Å². The van der Waals surface area contributed by atoms with Gasteiger partial charge in [0.1, 0.15) is 4.21 Å². The third kappa shape index (κ3) is 4.89. The van der Waals surface area contributed by atoms with E-state index in [0.717, 1.165) is 21.6 Å². The predicted octanol–water partition coefficient (Wildman–Crippen LogP) is 3.92. The van der Waals surface area contributed by atoms with Gasteiger partial charge in [0.2, 0.25) is 0 Å². The monoisotopic (exact) mass is 539 g/mol. The van der Waals surface area contributed by atoms with E-state index in [9.17, 15) is 18.0 Å². The van der Waals surface area contributed by atoms with Crippen LogP contribution in [0.4, 0.5) is 0 Å². The summed E-state index contributed by atoms with van der Waals surface area (Å²) in [5.41, 5.74) is 1.25. The number of aromatic nitrogens is 1. The maximum Gasteiger partial charge on any atom is 0.337 e. The van der Waals surface area contributed by atoms with Gasteiger partial charge in [0.05, 0.1) is 27.2 Å². The quantitative estimate of drug-likeness (QED) is 0.349. The maximum absolute atomic E-state index is 13.0. The highest BCUT2D eigenvalue weighted by molar-refractivity contribution is 7.91. The van der Waals surface area contributed by atoms with E-state index < -0.39 is 16.0 Å². The summed E-state index contributed by atoms with van der Waals surface area (Å²) in [6.45, 7) is 4.71. The standard InChI is InChI=1S/C22H22ClN3O5S3/c1-3-10-26-16-5-4-15(21(28)31-2)13-17(16)32-22(26)24-20(27)14-8-11-25(12-9-14)34(29,30)19-7-6-18(23)33-19/h3-7,13-14H,1,8-12H2,2H3. The molecule has 0 aliphatic carbocycles. The zero-order chi connectivity index (χ0) is 24.5. The summed E-state index contributed by atoms with van der Waals surface area (Å²) in [6.07, 6.45) is 2.49. The van der Waals surface area contributed by atoms with Crippen LogP contribution in [0.3, 0.4) is 0 Å². The Bertz CT molecular complexity index is 1430. The van der Waals surface area contributed by atoms with Crippen LogP contribution in [0, 0.1) is 5.92 Å². The number of halogens is 1. The molecule has 3 heterocycles. The van der Waals surface area contributed by atoms with Gasteiger partial charge in [-0.25, -0.2) is 13.2 Å². The van der Waals surface area contributed by atoms with Crippen LogP contribution >= 0.6 is 34.3 Å². The molecule has 180 valence electrons. The van der Waals surface area contributed by atoms with Gasteiger partial charge in [0, 0.05) is 25.6 Å². The van der Waals surface area contributed by atoms with Gasteiger partial charge in [-0.3, -0.25) is 4.79 Å². The summed E-state index contributed by atoms with van der Waals surface area (Å²) < 4.78 is 35.1. The molecule has 0 N–H and O–H groups in total. The molecule has 4 rings (SSSR count). The van der Waals surface area contributed by atoms with Gasteiger partial charge >= 0.3 is 5.97 Å². The second-order valence-electron chi connectivity index (χ2n) is 7.64. The van der Waals surface area contributed by atoms with E-state index in [1.807, 2.05) is 4.57 Å². The van der Waals surface area contributed by atoms with Gasteiger partial charge in [-0.05, 0) is 43.2 Å². The number of carbonyl (C=O) groups excluding carboxylic acids is 2. The Morgan fingerprint density at radius 1 is 1.24 bits per heavy atom. The Balaban J connectivity index is 1.56. The first-order chi connectivity index (χ1) is 16.2. The molecule has 0 unspecified atom stereocenters. The SMILES string of the molecule is C=CCn1c(=NC(=O)C2CCN(S(=O)(=O)c3ccc(Cl)s3)CC2)sc2cc(C(=O)OC)ccc21. The van der Waals surface area contributed by atoms with Crippen LogP contribution < -0.4 is 4.80 Å². The predicted molar refractivity (Wildman–Crippen MR) is 133 cm³/mol. The topological polar surface area (TPSA) is 98.0 Å². The van der Waals surface area contributed by atoms with E-state index in [-0.39, 0.29) is 29.1 Å². The van der Waals surface area contributed by atoms with Crippen LogP contribution in [-0.4, -0.2) is 49.4 Å². The molecule has 1 aliphatic heterocycles. The fraction of sp³-hybridized carbons (Fsp3) is 0.318. The van der Waals surface area contributed by atoms with E-state index in [1.165, 1.54) is 28.8 Å². The average Bonchev–Trinajstić information content (AvgIpc) is 3.42. The van der Waals surface area contributed by atoms with Crippen LogP contribution in [0.2, 0.25) is 4.34 Å². The zero-order valence-electron chi connectivity index (χ0n) is 18.3. The molecule has 0 bridgehead atoms. The number of esters is 1. The number of nitrogens with zero attached hydrogens (tertiary/aromatic N) is 3. The second kappa shape index (κ2) is 10.1. The van der Waals surface area contributed by atoms with Crippen LogP contribution in [0.1, 0.15) is 23.2 Å². The Kier molecular flexibility index (Phi) is 7.39. The first-order valence-corrected chi connectivity index (χ1v) is 13.9. The summed E-state index contributed by atoms with van der Waals surface area (Å²) in [7, 11) is -2.30. The highest BCUT2D eigenvalue weighted by atomic mass is 35.5. The van der Waals surface area contributed by atoms with E-state index in [1.54, 1.807) is 30.3 Å². The Morgan fingerprint density at radius 2 is 1.97 bits per heavy atom. The molecule has 0 radical (unpaired) electrons. The normalized spacial score (nSPS) is 16.1. The highest BCUT2D eigenvalue weighted by Gasteiger charge is 2.33. The number of fused-ring (bicyclic) bond motifs is 1. The Hall–Kier alpha value is -2.31. The number of rotatable bonds is 6. The summed E-state index contributed by atoms with van der Waals surface area (Å²) in [4.78, 5) is 29.8. The number of hydrogen-bond acceptors (Lipinski definition) is 7. The molecule has 12 heteroatoms. The number of thiophene rings is 1. The molecule has 3 aromatic rings. The average molecular weight is 540 g/mol. The van der Waals surface area contributed by atoms with Crippen molar-refractivity contribution in [2.75, 3.05) is 20.2 Å². The number of piperidine rings is 1. The van der Waals surface area contributed by atoms with Crippen molar-refractivity contribution in [2.24, 2.45) is 10.9 Å². The van der Waals surface area contributed by atoms with Crippen LogP contribution in [0.15, 0.2) is 52.2 Å². The van der Waals surface area contributed by atoms with Crippen molar-refractivity contribution in [1.82, 2.24) is 8.87 Å². The molecular formula is C22H22ClN3O5S3. The van der Waals surface area contributed by atoms with Crippen LogP contribution in [-0.2, 0) is 26.1 Å². The number of amides is 1. The van der Waals surface area contributed by atoms with E-state index in [4.69, 9.17) is 16.3 Å². The van der Waals surface area contributed by atoms with Crippen molar-refractivity contribution in [1.29, 1.82) is 0 Å². The van der Waals surface area contributed by atoms with Gasteiger partial charge < -0.3 is 9.30 Å². The third-order valence-electron chi connectivity index (χ3n) is 5.57. The summed E-state index contributed by atoms with van der Waals surface area (Å²) in [5.74, 6) is -1.09. The van der Waals surface area contributed by atoms with Crippen molar-refractivity contribution in [3.05, 3.63) is 57.7 Å². The first-order valence-electron chi connectivity index (χ1n) is 10.4. The molecule has 8 nitrogen and oxygen atoms in total. The minimum atomic E-state index is -3.62. The van der Waals surface area contributed by atoms with Gasteiger partial charge in [-0.2, -0.15) is 9.30 Å². The summed E-state index contributed by atoms with van der Waals surface area (Å²) in [5, 5.41) is 0. The number of ether oxygens (including phenoxy) is 1. The number of carbonyl (C=O) groups is 2. The molecule has 0 saturated carbocycles. The van der Waals surface area contributed by atoms with E-state index >= 15 is 0 Å². The zero-order valence-corrected chi connectivity index (χ0v) is 21.5. The lowest BCUT2D eigenvalue weighted by Crippen LogP contribution is -2.40. The lowest BCUT2D eigenvalue weighted by molar-refractivity contribution is -0.122. The largest absolute Gasteiger partial charge is 0.465 e. The van der Waals surface area contributed by atoms with Crippen molar-refractivity contribution in [3.63, 3.8) is 0 Å². The number of methoxy groups -OCH3 is 1. The number of hydrogen-bond donors (Lipinski definition) is 0. The van der Waals surface area contributed by atoms with Gasteiger partial charge in [-0.1, -0.05) is 29.0 Å². The molecule has 1 aromatic carbocycles. The maximum atomic E-state index is 13.0. The van der Waals surface area contributed by atoms with Crippen molar-refractivity contribution < 1.29 is 22.7 Å². The molecule has 1 amide bonds. The fourth-order valence-electron chi connectivity index (χ4n) is 3.80. The van der Waals surface area contributed by atoms with Crippen molar-refractivity contribution in [3.8, 4) is 0 Å². The van der Waals surface area contributed by atoms with E-state index in [2.05, 4.69) is 11.6 Å². The summed E-state index contributed by atoms with van der Waals surface area (Å²) >= 11 is 8.22. The number of allylic oxidation sites excluding steroid dienone is 1. The molecule has 1 fully saturated rings. The summed E-state index contributed by atoms with van der Waals surface area (Å²) in [6, 6.07) is 8.25. The second-order valence-corrected chi connectivity index (χ2v) is 12.5. The molecule has 0 atom stereocenters. The highest BCUT2D eigenvalue weighted by Crippen LogP contribution is 2.31. The molecule has 2 aromatic heterocycles. The molecule has 34 heavy (non-hydrogen) atoms. The Morgan fingerprint density at radius 3 is 2.59 bits per heavy atom. The molecular weight excluding hydrogens is 518 g/mol. The molecule has 1 saturated heterocycles. The van der Waals surface area contributed by atoms with Crippen molar-refractivity contribution in [2.45, 2.75) is 23.6 Å². The molecule has 1 aliphatic rings. The molecule has 0 spiro atoms. The smallest absolute Gasteiger partial charge is 0.337 e. The minimum absolute atomic E-state index is 0.203. The lowest BCUT2D eigenvalue weighted by Gasteiger charge is -2.29. The minimum Gasteiger partial charge on any atom is -0.465 e.